The van der Waals surface area contributed by atoms with E-state index in [1.165, 1.54) is 18.2 Å². The maximum absolute atomic E-state index is 12.8. The van der Waals surface area contributed by atoms with Gasteiger partial charge in [-0.2, -0.15) is 0 Å². The molecule has 34 heavy (non-hydrogen) atoms. The molecular formula is C18H11Cl3N4O7S2. The number of ether oxygens (including phenoxy) is 1. The second-order valence-electron chi connectivity index (χ2n) is 6.26. The molecule has 11 nitrogen and oxygen atoms in total. The third kappa shape index (κ3) is 6.33. The molecule has 0 saturated carbocycles. The van der Waals surface area contributed by atoms with Gasteiger partial charge in [0.15, 0.2) is 11.7 Å². The van der Waals surface area contributed by atoms with Crippen molar-refractivity contribution in [1.82, 2.24) is 4.98 Å². The zero-order valence-electron chi connectivity index (χ0n) is 16.5. The molecule has 0 aliphatic heterocycles. The third-order valence-corrected chi connectivity index (χ3v) is 7.12. The second-order valence-corrected chi connectivity index (χ2v) is 10.2. The van der Waals surface area contributed by atoms with E-state index in [9.17, 15) is 28.1 Å². The number of hydrogen-bond donors (Lipinski definition) is 2. The summed E-state index contributed by atoms with van der Waals surface area (Å²) in [4.78, 5) is 37.6. The number of nitro groups is 1. The molecule has 0 atom stereocenters. The zero-order chi connectivity index (χ0) is 25.0. The molecule has 0 radical (unpaired) electrons. The van der Waals surface area contributed by atoms with E-state index in [1.54, 1.807) is 6.07 Å². The molecule has 0 unspecified atom stereocenters. The number of thiazole rings is 1. The maximum Gasteiger partial charge on any atom is 0.345 e. The topological polar surface area (TPSA) is 158 Å². The van der Waals surface area contributed by atoms with E-state index in [0.29, 0.717) is 11.3 Å². The van der Waals surface area contributed by atoms with Crippen molar-refractivity contribution in [2.75, 3.05) is 16.6 Å². The Bertz CT molecular complexity index is 1400. The van der Waals surface area contributed by atoms with Crippen molar-refractivity contribution < 1.29 is 27.7 Å². The number of amides is 1. The first-order valence-electron chi connectivity index (χ1n) is 8.81. The van der Waals surface area contributed by atoms with Crippen LogP contribution in [0.3, 0.4) is 0 Å². The van der Waals surface area contributed by atoms with E-state index in [1.807, 2.05) is 0 Å². The van der Waals surface area contributed by atoms with Crippen LogP contribution in [-0.4, -0.2) is 36.8 Å². The van der Waals surface area contributed by atoms with Gasteiger partial charge in [-0.15, -0.1) is 0 Å². The lowest BCUT2D eigenvalue weighted by Crippen LogP contribution is -2.21. The first-order chi connectivity index (χ1) is 16.0. The summed E-state index contributed by atoms with van der Waals surface area (Å²) in [5.41, 5.74) is -0.211. The van der Waals surface area contributed by atoms with E-state index in [0.717, 1.165) is 18.3 Å². The molecule has 3 rings (SSSR count). The molecular weight excluding hydrogens is 555 g/mol. The van der Waals surface area contributed by atoms with Crippen LogP contribution in [0.5, 0.6) is 0 Å². The van der Waals surface area contributed by atoms with Crippen LogP contribution >= 0.6 is 46.1 Å². The highest BCUT2D eigenvalue weighted by Crippen LogP contribution is 2.31. The van der Waals surface area contributed by atoms with Crippen LogP contribution in [0.4, 0.5) is 15.8 Å². The first-order valence-corrected chi connectivity index (χ1v) is 12.2. The van der Waals surface area contributed by atoms with Crippen LogP contribution in [0.1, 0.15) is 10.4 Å². The van der Waals surface area contributed by atoms with Crippen LogP contribution < -0.4 is 10.0 Å². The monoisotopic (exact) mass is 564 g/mol. The molecule has 2 aromatic carbocycles. The van der Waals surface area contributed by atoms with Crippen LogP contribution in [0.25, 0.3) is 0 Å². The number of rotatable bonds is 8. The van der Waals surface area contributed by atoms with Crippen molar-refractivity contribution in [3.63, 3.8) is 0 Å². The summed E-state index contributed by atoms with van der Waals surface area (Å²) in [6, 6.07) is 7.85. The van der Waals surface area contributed by atoms with Gasteiger partial charge in [0.2, 0.25) is 0 Å². The Labute approximate surface area is 210 Å². The summed E-state index contributed by atoms with van der Waals surface area (Å²) in [5, 5.41) is 12.3. The number of benzene rings is 2. The Balaban J connectivity index is 1.73. The molecule has 0 fully saturated rings. The fraction of sp³-hybridized carbons (Fsp3) is 0.0556. The predicted octanol–water partition coefficient (Wildman–Crippen LogP) is 4.61. The van der Waals surface area contributed by atoms with Gasteiger partial charge in [0, 0.05) is 5.02 Å². The van der Waals surface area contributed by atoms with Gasteiger partial charge < -0.3 is 4.74 Å². The quantitative estimate of drug-likeness (QED) is 0.228. The second kappa shape index (κ2) is 10.5. The highest BCUT2D eigenvalue weighted by Gasteiger charge is 2.24. The molecule has 0 aliphatic rings. The average molecular weight is 566 g/mol. The predicted molar refractivity (Wildman–Crippen MR) is 126 cm³/mol. The number of sulfonamides is 1. The molecule has 1 heterocycles. The molecule has 3 aromatic rings. The standard InChI is InChI=1S/C18H11Cl3N4O7S2/c19-9-2-1-3-10(4-9)24-34(30,31)14-5-11(12(20)6-13(14)21)17(27)32-8-15(26)23-18-22-7-16(33-18)25(28)29/h1-7,24H,8H2,(H,22,23,26). The average Bonchev–Trinajstić information content (AvgIpc) is 3.20. The molecule has 178 valence electrons. The molecule has 0 bridgehead atoms. The molecule has 2 N–H and O–H groups in total. The van der Waals surface area contributed by atoms with Crippen LogP contribution in [0.2, 0.25) is 15.1 Å². The van der Waals surface area contributed by atoms with E-state index >= 15 is 0 Å². The maximum atomic E-state index is 12.8. The fourth-order valence-corrected chi connectivity index (χ4v) is 5.17. The number of carbonyl (C=O) groups excluding carboxylic acids is 2. The number of aromatic nitrogens is 1. The van der Waals surface area contributed by atoms with Crippen molar-refractivity contribution in [2.24, 2.45) is 0 Å². The van der Waals surface area contributed by atoms with Gasteiger partial charge in [0.1, 0.15) is 11.1 Å². The summed E-state index contributed by atoms with van der Waals surface area (Å²) in [7, 11) is -4.26. The van der Waals surface area contributed by atoms with Crippen LogP contribution in [-0.2, 0) is 19.6 Å². The Morgan fingerprint density at radius 3 is 2.53 bits per heavy atom. The van der Waals surface area contributed by atoms with Gasteiger partial charge in [0.25, 0.3) is 15.9 Å². The number of carbonyl (C=O) groups is 2. The van der Waals surface area contributed by atoms with Gasteiger partial charge in [-0.25, -0.2) is 18.2 Å². The van der Waals surface area contributed by atoms with Crippen molar-refractivity contribution >= 4 is 83.9 Å². The van der Waals surface area contributed by atoms with Gasteiger partial charge in [-0.1, -0.05) is 40.9 Å². The lowest BCUT2D eigenvalue weighted by atomic mass is 10.2. The van der Waals surface area contributed by atoms with Gasteiger partial charge in [-0.3, -0.25) is 24.9 Å². The van der Waals surface area contributed by atoms with Gasteiger partial charge in [0.05, 0.1) is 26.2 Å². The largest absolute Gasteiger partial charge is 0.452 e. The molecule has 1 amide bonds. The van der Waals surface area contributed by atoms with Crippen LogP contribution in [0.15, 0.2) is 47.5 Å². The normalized spacial score (nSPS) is 11.0. The molecule has 16 heteroatoms. The van der Waals surface area contributed by atoms with E-state index < -0.39 is 38.3 Å². The van der Waals surface area contributed by atoms with E-state index in [4.69, 9.17) is 39.5 Å². The first kappa shape index (κ1) is 25.6. The van der Waals surface area contributed by atoms with Gasteiger partial charge >= 0.3 is 11.0 Å². The van der Waals surface area contributed by atoms with Crippen molar-refractivity contribution in [1.29, 1.82) is 0 Å². The Hall–Kier alpha value is -2.97. The highest BCUT2D eigenvalue weighted by molar-refractivity contribution is 7.92. The number of hydrogen-bond acceptors (Lipinski definition) is 9. The summed E-state index contributed by atoms with van der Waals surface area (Å²) < 4.78 is 32.7. The SMILES string of the molecule is O=C(COC(=O)c1cc(S(=O)(=O)Nc2cccc(Cl)c2)c(Cl)cc1Cl)Nc1ncc([N+](=O)[O-])s1. The summed E-state index contributed by atoms with van der Waals surface area (Å²) in [5.74, 6) is -1.95. The summed E-state index contributed by atoms with van der Waals surface area (Å²) in [6.07, 6.45) is 0.958. The van der Waals surface area contributed by atoms with Crippen molar-refractivity contribution in [2.45, 2.75) is 4.90 Å². The Kier molecular flexibility index (Phi) is 7.94. The summed E-state index contributed by atoms with van der Waals surface area (Å²) >= 11 is 18.5. The molecule has 0 spiro atoms. The molecule has 0 aliphatic carbocycles. The third-order valence-electron chi connectivity index (χ3n) is 3.86. The van der Waals surface area contributed by atoms with E-state index in [2.05, 4.69) is 15.0 Å². The van der Waals surface area contributed by atoms with Crippen molar-refractivity contribution in [3.8, 4) is 0 Å². The minimum atomic E-state index is -4.26. The fourth-order valence-electron chi connectivity index (χ4n) is 2.43. The molecule has 1 aromatic heterocycles. The van der Waals surface area contributed by atoms with Crippen LogP contribution in [0, 0.1) is 10.1 Å². The van der Waals surface area contributed by atoms with Gasteiger partial charge in [-0.05, 0) is 41.7 Å². The number of anilines is 2. The number of nitrogens with one attached hydrogen (secondary N) is 2. The number of esters is 1. The minimum absolute atomic E-state index is 0.0715. The van der Waals surface area contributed by atoms with Crippen molar-refractivity contribution in [3.05, 3.63) is 73.3 Å². The lowest BCUT2D eigenvalue weighted by molar-refractivity contribution is -0.380. The Morgan fingerprint density at radius 1 is 1.15 bits per heavy atom. The lowest BCUT2D eigenvalue weighted by Gasteiger charge is -2.12. The smallest absolute Gasteiger partial charge is 0.345 e. The molecule has 0 saturated heterocycles. The number of nitrogens with zero attached hydrogens (tertiary/aromatic N) is 2. The Morgan fingerprint density at radius 2 is 1.88 bits per heavy atom. The number of halogens is 3. The summed E-state index contributed by atoms with van der Waals surface area (Å²) in [6.45, 7) is -0.798. The van der Waals surface area contributed by atoms with E-state index in [-0.39, 0.29) is 36.5 Å². The minimum Gasteiger partial charge on any atom is -0.452 e. The zero-order valence-corrected chi connectivity index (χ0v) is 20.4. The highest BCUT2D eigenvalue weighted by atomic mass is 35.5.